The Bertz CT molecular complexity index is 1620. The number of halogens is 3. The summed E-state index contributed by atoms with van der Waals surface area (Å²) in [7, 11) is -3.71. The van der Waals surface area contributed by atoms with Crippen LogP contribution in [0.25, 0.3) is 10.6 Å². The summed E-state index contributed by atoms with van der Waals surface area (Å²) in [6, 6.07) is 7.52. The number of aromatic nitrogens is 2. The van der Waals surface area contributed by atoms with Crippen molar-refractivity contribution in [3.8, 4) is 10.6 Å². The Hall–Kier alpha value is -2.78. The number of alkyl halides is 3. The Morgan fingerprint density at radius 1 is 1.23 bits per heavy atom. The molecule has 0 amide bonds. The van der Waals surface area contributed by atoms with Gasteiger partial charge in [0, 0.05) is 49.8 Å². The standard InChI is InChI=1S/C29H34F3N5O4S2/c1-3-19-14-20(37-9-8-36(10-11-38)18(2)17-37)4-5-22(19)34-27-33-16-21(29(30,31)32)25(35-27)23-15-24-26(42-23)28(6-7-28)41-12-13-43(24,39)40/h4-5,14-16,18,38H,3,6-13,17H2,1-2H3,(H,33,34,35)/t18-/m1/s1. The van der Waals surface area contributed by atoms with Gasteiger partial charge in [-0.25, -0.2) is 18.4 Å². The smallest absolute Gasteiger partial charge is 0.395 e. The number of piperazine rings is 1. The van der Waals surface area contributed by atoms with Crippen molar-refractivity contribution in [2.45, 2.75) is 55.8 Å². The lowest BCUT2D eigenvalue weighted by Gasteiger charge is -2.41. The fourth-order valence-electron chi connectivity index (χ4n) is 5.89. The van der Waals surface area contributed by atoms with E-state index in [-0.39, 0.29) is 46.4 Å². The summed E-state index contributed by atoms with van der Waals surface area (Å²) >= 11 is 1.00. The molecule has 2 fully saturated rings. The van der Waals surface area contributed by atoms with Gasteiger partial charge in [-0.3, -0.25) is 4.90 Å². The van der Waals surface area contributed by atoms with Crippen LogP contribution in [-0.2, 0) is 32.8 Å². The predicted molar refractivity (Wildman–Crippen MR) is 159 cm³/mol. The van der Waals surface area contributed by atoms with Crippen molar-refractivity contribution in [3.05, 3.63) is 46.5 Å². The van der Waals surface area contributed by atoms with E-state index in [9.17, 15) is 26.7 Å². The number of ether oxygens (including phenoxy) is 1. The van der Waals surface area contributed by atoms with Crippen molar-refractivity contribution in [1.82, 2.24) is 14.9 Å². The number of aryl methyl sites for hydroxylation is 1. The van der Waals surface area contributed by atoms with E-state index < -0.39 is 27.2 Å². The normalized spacial score (nSPS) is 21.4. The molecule has 1 spiro atoms. The number of rotatable bonds is 7. The number of thiophene rings is 1. The molecule has 232 valence electrons. The molecule has 0 unspecified atom stereocenters. The van der Waals surface area contributed by atoms with Crippen molar-refractivity contribution in [3.63, 3.8) is 0 Å². The van der Waals surface area contributed by atoms with Gasteiger partial charge in [0.05, 0.1) is 39.3 Å². The van der Waals surface area contributed by atoms with Crippen molar-refractivity contribution in [1.29, 1.82) is 0 Å². The van der Waals surface area contributed by atoms with Crippen LogP contribution in [0.15, 0.2) is 35.4 Å². The molecular weight excluding hydrogens is 603 g/mol. The highest BCUT2D eigenvalue weighted by atomic mass is 32.2. The van der Waals surface area contributed by atoms with Crippen molar-refractivity contribution >= 4 is 38.5 Å². The molecule has 1 aromatic carbocycles. The van der Waals surface area contributed by atoms with Crippen molar-refractivity contribution < 1.29 is 31.4 Å². The second-order valence-electron chi connectivity index (χ2n) is 11.3. The van der Waals surface area contributed by atoms with Crippen molar-refractivity contribution in [2.24, 2.45) is 0 Å². The van der Waals surface area contributed by atoms with Gasteiger partial charge in [-0.1, -0.05) is 6.92 Å². The number of hydrogen-bond acceptors (Lipinski definition) is 10. The summed E-state index contributed by atoms with van der Waals surface area (Å²) in [4.78, 5) is 13.5. The first kappa shape index (κ1) is 30.3. The maximum atomic E-state index is 14.1. The van der Waals surface area contributed by atoms with Gasteiger partial charge < -0.3 is 20.1 Å². The van der Waals surface area contributed by atoms with Crippen LogP contribution >= 0.6 is 11.3 Å². The average Bonchev–Trinajstić information content (AvgIpc) is 3.61. The first-order valence-electron chi connectivity index (χ1n) is 14.4. The van der Waals surface area contributed by atoms with Gasteiger partial charge in [0.2, 0.25) is 5.95 Å². The van der Waals surface area contributed by atoms with Crippen LogP contribution in [0.4, 0.5) is 30.5 Å². The van der Waals surface area contributed by atoms with Crippen LogP contribution in [0.2, 0.25) is 0 Å². The van der Waals surface area contributed by atoms with E-state index in [0.29, 0.717) is 36.4 Å². The highest BCUT2D eigenvalue weighted by Crippen LogP contribution is 2.56. The molecular formula is C29H34F3N5O4S2. The topological polar surface area (TPSA) is 108 Å². The molecule has 1 saturated carbocycles. The molecule has 3 aromatic rings. The molecule has 4 heterocycles. The predicted octanol–water partition coefficient (Wildman–Crippen LogP) is 4.83. The van der Waals surface area contributed by atoms with E-state index in [1.165, 1.54) is 6.07 Å². The molecule has 6 rings (SSSR count). The second kappa shape index (κ2) is 11.3. The lowest BCUT2D eigenvalue weighted by molar-refractivity contribution is -0.137. The summed E-state index contributed by atoms with van der Waals surface area (Å²) in [5.74, 6) is -0.228. The number of benzene rings is 1. The minimum absolute atomic E-state index is 0.0134. The Balaban J connectivity index is 1.32. The highest BCUT2D eigenvalue weighted by molar-refractivity contribution is 7.91. The van der Waals surface area contributed by atoms with Crippen LogP contribution < -0.4 is 10.2 Å². The third-order valence-electron chi connectivity index (χ3n) is 8.44. The molecule has 2 aromatic heterocycles. The van der Waals surface area contributed by atoms with Gasteiger partial charge in [-0.15, -0.1) is 11.3 Å². The maximum Gasteiger partial charge on any atom is 0.420 e. The quantitative estimate of drug-likeness (QED) is 0.377. The zero-order chi connectivity index (χ0) is 30.6. The Kier molecular flexibility index (Phi) is 7.95. The maximum absolute atomic E-state index is 14.1. The fourth-order valence-corrected chi connectivity index (χ4v) is 9.01. The van der Waals surface area contributed by atoms with E-state index in [2.05, 4.69) is 38.1 Å². The highest BCUT2D eigenvalue weighted by Gasteiger charge is 2.52. The number of aliphatic hydroxyl groups is 1. The Morgan fingerprint density at radius 2 is 2.02 bits per heavy atom. The summed E-state index contributed by atoms with van der Waals surface area (Å²) in [6.07, 6.45) is -2.06. The molecule has 3 aliphatic rings. The zero-order valence-corrected chi connectivity index (χ0v) is 25.6. The Labute approximate surface area is 252 Å². The van der Waals surface area contributed by atoms with E-state index in [4.69, 9.17) is 4.74 Å². The number of sulfone groups is 1. The molecule has 14 heteroatoms. The average molecular weight is 638 g/mol. The summed E-state index contributed by atoms with van der Waals surface area (Å²) < 4.78 is 74.2. The van der Waals surface area contributed by atoms with Gasteiger partial charge in [-0.05, 0) is 56.0 Å². The molecule has 1 atom stereocenters. The summed E-state index contributed by atoms with van der Waals surface area (Å²) in [5, 5.41) is 12.4. The number of anilines is 3. The summed E-state index contributed by atoms with van der Waals surface area (Å²) in [5.41, 5.74) is 0.546. The number of β-amino-alcohol motifs (C(OH)–C–C–N with tert-alkyl or cyclic N) is 1. The van der Waals surface area contributed by atoms with Gasteiger partial charge >= 0.3 is 6.18 Å². The number of aliphatic hydroxyl groups excluding tert-OH is 1. The molecule has 1 saturated heterocycles. The number of fused-ring (bicyclic) bond motifs is 2. The van der Waals surface area contributed by atoms with E-state index in [1.54, 1.807) is 0 Å². The third kappa shape index (κ3) is 5.87. The van der Waals surface area contributed by atoms with E-state index in [0.717, 1.165) is 48.4 Å². The third-order valence-corrected chi connectivity index (χ3v) is 11.6. The Morgan fingerprint density at radius 3 is 2.70 bits per heavy atom. The van der Waals surface area contributed by atoms with E-state index >= 15 is 0 Å². The zero-order valence-electron chi connectivity index (χ0n) is 23.9. The fraction of sp³-hybridized carbons (Fsp3) is 0.517. The summed E-state index contributed by atoms with van der Waals surface area (Å²) in [6.45, 7) is 7.44. The second-order valence-corrected chi connectivity index (χ2v) is 14.4. The first-order chi connectivity index (χ1) is 20.4. The van der Waals surface area contributed by atoms with Gasteiger partial charge in [0.25, 0.3) is 0 Å². The van der Waals surface area contributed by atoms with Crippen LogP contribution in [0.3, 0.4) is 0 Å². The van der Waals surface area contributed by atoms with E-state index in [1.807, 2.05) is 19.1 Å². The minimum Gasteiger partial charge on any atom is -0.395 e. The number of hydrogen-bond donors (Lipinski definition) is 2. The van der Waals surface area contributed by atoms with Crippen LogP contribution in [0.1, 0.15) is 42.7 Å². The molecule has 2 N–H and O–H groups in total. The monoisotopic (exact) mass is 637 g/mol. The molecule has 0 bridgehead atoms. The van der Waals surface area contributed by atoms with Gasteiger partial charge in [-0.2, -0.15) is 13.2 Å². The number of nitrogens with one attached hydrogen (secondary N) is 1. The van der Waals surface area contributed by atoms with Gasteiger partial charge in [0.15, 0.2) is 9.84 Å². The van der Waals surface area contributed by atoms with Gasteiger partial charge in [0.1, 0.15) is 11.2 Å². The molecule has 9 nitrogen and oxygen atoms in total. The molecule has 43 heavy (non-hydrogen) atoms. The minimum atomic E-state index is -4.74. The molecule has 0 radical (unpaired) electrons. The first-order valence-corrected chi connectivity index (χ1v) is 16.9. The van der Waals surface area contributed by atoms with Crippen LogP contribution in [-0.4, -0.2) is 79.6 Å². The molecule has 2 aliphatic heterocycles. The lowest BCUT2D eigenvalue weighted by atomic mass is 10.1. The number of nitrogens with zero attached hydrogens (tertiary/aromatic N) is 4. The SMILES string of the molecule is CCc1cc(N2CCN(CCO)[C@H](C)C2)ccc1Nc1ncc(C(F)(F)F)c(-c2cc3c(s2)C2(CC2)OCCS3(=O)=O)n1. The van der Waals surface area contributed by atoms with Crippen molar-refractivity contribution in [2.75, 3.05) is 55.4 Å². The molecule has 1 aliphatic carbocycles. The van der Waals surface area contributed by atoms with Crippen LogP contribution in [0, 0.1) is 0 Å². The largest absolute Gasteiger partial charge is 0.420 e. The van der Waals surface area contributed by atoms with Crippen LogP contribution in [0.5, 0.6) is 0 Å². The lowest BCUT2D eigenvalue weighted by Crippen LogP contribution is -2.52.